The van der Waals surface area contributed by atoms with Gasteiger partial charge in [0.25, 0.3) is 5.91 Å². The molecule has 0 unspecified atom stereocenters. The fraction of sp³-hybridized carbons (Fsp3) is 0.200. The molecule has 0 heterocycles. The molecule has 0 aliphatic carbocycles. The zero-order valence-electron chi connectivity index (χ0n) is 17.5. The zero-order valence-corrected chi connectivity index (χ0v) is 18.3. The van der Waals surface area contributed by atoms with Gasteiger partial charge in [-0.15, -0.1) is 0 Å². The van der Waals surface area contributed by atoms with E-state index in [0.29, 0.717) is 18.5 Å². The largest absolute Gasteiger partial charge is 0.508 e. The molecule has 3 aromatic rings. The molecule has 0 saturated carbocycles. The van der Waals surface area contributed by atoms with Crippen LogP contribution in [-0.2, 0) is 27.5 Å². The molecular weight excluding hydrogens is 426 g/mol. The highest BCUT2D eigenvalue weighted by atomic mass is 32.2. The Morgan fingerprint density at radius 1 is 0.812 bits per heavy atom. The lowest BCUT2D eigenvalue weighted by Gasteiger charge is -2.11. The first kappa shape index (κ1) is 23.2. The number of carbonyl (C=O) groups excluding carboxylic acids is 2. The number of amides is 1. The highest BCUT2D eigenvalue weighted by Crippen LogP contribution is 2.19. The second-order valence-electron chi connectivity index (χ2n) is 7.44. The lowest BCUT2D eigenvalue weighted by Crippen LogP contribution is -2.27. The zero-order chi connectivity index (χ0) is 23.0. The Balaban J connectivity index is 1.61. The van der Waals surface area contributed by atoms with Gasteiger partial charge in [0.15, 0.2) is 9.84 Å². The van der Waals surface area contributed by atoms with Gasteiger partial charge in [0.2, 0.25) is 0 Å². The van der Waals surface area contributed by atoms with E-state index in [9.17, 15) is 23.1 Å². The van der Waals surface area contributed by atoms with Gasteiger partial charge in [0.1, 0.15) is 11.5 Å². The number of sulfone groups is 1. The van der Waals surface area contributed by atoms with Gasteiger partial charge in [-0.2, -0.15) is 0 Å². The molecule has 3 aromatic carbocycles. The number of Topliss-reactive ketones (excluding diaryl/α,β-unsaturated/α-hetero) is 1. The fourth-order valence-corrected chi connectivity index (χ4v) is 4.77. The third-order valence-corrected chi connectivity index (χ3v) is 6.76. The average molecular weight is 452 g/mol. The van der Waals surface area contributed by atoms with E-state index in [0.717, 1.165) is 5.56 Å². The number of aromatic hydroxyl groups is 1. The van der Waals surface area contributed by atoms with E-state index < -0.39 is 15.7 Å². The summed E-state index contributed by atoms with van der Waals surface area (Å²) < 4.78 is 25.8. The van der Waals surface area contributed by atoms with Crippen molar-refractivity contribution in [1.29, 1.82) is 0 Å². The summed E-state index contributed by atoms with van der Waals surface area (Å²) in [4.78, 5) is 24.8. The van der Waals surface area contributed by atoms with Crippen LogP contribution in [0.3, 0.4) is 0 Å². The minimum absolute atomic E-state index is 0.0744. The Hall–Kier alpha value is -3.45. The van der Waals surface area contributed by atoms with Crippen molar-refractivity contribution >= 4 is 21.5 Å². The Morgan fingerprint density at radius 2 is 1.47 bits per heavy atom. The molecule has 0 aromatic heterocycles. The molecule has 0 radical (unpaired) electrons. The van der Waals surface area contributed by atoms with Crippen molar-refractivity contribution in [2.24, 2.45) is 0 Å². The van der Waals surface area contributed by atoms with E-state index in [1.54, 1.807) is 24.3 Å². The van der Waals surface area contributed by atoms with E-state index in [4.69, 9.17) is 0 Å². The maximum Gasteiger partial charge on any atom is 0.252 e. The van der Waals surface area contributed by atoms with Gasteiger partial charge in [-0.1, -0.05) is 54.6 Å². The van der Waals surface area contributed by atoms with Gasteiger partial charge < -0.3 is 10.4 Å². The summed E-state index contributed by atoms with van der Waals surface area (Å²) in [6, 6.07) is 21.9. The minimum atomic E-state index is -3.83. The molecule has 32 heavy (non-hydrogen) atoms. The predicted octanol–water partition coefficient (Wildman–Crippen LogP) is 3.34. The molecule has 1 amide bonds. The Kier molecular flexibility index (Phi) is 7.78. The molecular formula is C25H25NO5S. The van der Waals surface area contributed by atoms with Crippen LogP contribution in [0.25, 0.3) is 0 Å². The summed E-state index contributed by atoms with van der Waals surface area (Å²) in [5, 5.41) is 12.1. The number of hydrogen-bond acceptors (Lipinski definition) is 5. The normalized spacial score (nSPS) is 11.1. The van der Waals surface area contributed by atoms with Crippen LogP contribution in [0.2, 0.25) is 0 Å². The topological polar surface area (TPSA) is 101 Å². The fourth-order valence-electron chi connectivity index (χ4n) is 3.27. The van der Waals surface area contributed by atoms with Gasteiger partial charge in [-0.3, -0.25) is 9.59 Å². The van der Waals surface area contributed by atoms with Crippen LogP contribution in [0.5, 0.6) is 5.75 Å². The summed E-state index contributed by atoms with van der Waals surface area (Å²) in [6.07, 6.45) is 0.553. The summed E-state index contributed by atoms with van der Waals surface area (Å²) in [7, 11) is -3.83. The summed E-state index contributed by atoms with van der Waals surface area (Å²) in [5.41, 5.74) is 1.84. The van der Waals surface area contributed by atoms with Gasteiger partial charge in [0.05, 0.1) is 16.2 Å². The van der Waals surface area contributed by atoms with Crippen molar-refractivity contribution in [3.05, 3.63) is 95.6 Å². The lowest BCUT2D eigenvalue weighted by atomic mass is 10.1. The van der Waals surface area contributed by atoms with Crippen molar-refractivity contribution in [3.8, 4) is 5.75 Å². The molecule has 0 fully saturated rings. The van der Waals surface area contributed by atoms with Gasteiger partial charge in [0, 0.05) is 19.4 Å². The third kappa shape index (κ3) is 6.52. The number of nitrogens with one attached hydrogen (secondary N) is 1. The van der Waals surface area contributed by atoms with E-state index >= 15 is 0 Å². The predicted molar refractivity (Wildman–Crippen MR) is 122 cm³/mol. The smallest absolute Gasteiger partial charge is 0.252 e. The van der Waals surface area contributed by atoms with Crippen LogP contribution in [-0.4, -0.2) is 37.5 Å². The van der Waals surface area contributed by atoms with Crippen molar-refractivity contribution in [3.63, 3.8) is 0 Å². The van der Waals surface area contributed by atoms with Crippen LogP contribution >= 0.6 is 0 Å². The Bertz CT molecular complexity index is 1170. The van der Waals surface area contributed by atoms with Crippen molar-refractivity contribution < 1.29 is 23.1 Å². The number of phenols is 1. The molecule has 7 heteroatoms. The molecule has 0 bridgehead atoms. The molecule has 0 aliphatic rings. The Labute approximate surface area is 187 Å². The first-order valence-corrected chi connectivity index (χ1v) is 11.9. The van der Waals surface area contributed by atoms with Crippen molar-refractivity contribution in [1.82, 2.24) is 5.32 Å². The first-order valence-electron chi connectivity index (χ1n) is 10.3. The molecule has 166 valence electrons. The summed E-state index contributed by atoms with van der Waals surface area (Å²) in [5.74, 6) is -0.972. The minimum Gasteiger partial charge on any atom is -0.508 e. The van der Waals surface area contributed by atoms with E-state index in [2.05, 4.69) is 5.32 Å². The standard InChI is InChI=1S/C25H25NO5S/c27-21-12-10-20(11-13-21)18-22(28)15-17-32(30,31)24-9-5-4-8-23(24)25(29)26-16-14-19-6-2-1-3-7-19/h1-13,27H,14-18H2,(H,26,29). The second-order valence-corrected chi connectivity index (χ2v) is 9.52. The number of ketones is 1. The monoisotopic (exact) mass is 451 g/mol. The van der Waals surface area contributed by atoms with Gasteiger partial charge in [-0.05, 0) is 41.8 Å². The van der Waals surface area contributed by atoms with Crippen LogP contribution in [0.1, 0.15) is 27.9 Å². The highest BCUT2D eigenvalue weighted by molar-refractivity contribution is 7.91. The van der Waals surface area contributed by atoms with Crippen LogP contribution < -0.4 is 5.32 Å². The quantitative estimate of drug-likeness (QED) is 0.492. The molecule has 3 rings (SSSR count). The highest BCUT2D eigenvalue weighted by Gasteiger charge is 2.23. The molecule has 2 N–H and O–H groups in total. The van der Waals surface area contributed by atoms with E-state index in [-0.39, 0.29) is 40.6 Å². The number of hydrogen-bond donors (Lipinski definition) is 2. The van der Waals surface area contributed by atoms with Gasteiger partial charge in [-0.25, -0.2) is 8.42 Å². The number of phenolic OH excluding ortho intramolecular Hbond substituents is 1. The lowest BCUT2D eigenvalue weighted by molar-refractivity contribution is -0.118. The molecule has 0 saturated heterocycles. The SMILES string of the molecule is O=C(CCS(=O)(=O)c1ccccc1C(=O)NCCc1ccccc1)Cc1ccc(O)cc1. The number of carbonyl (C=O) groups is 2. The average Bonchev–Trinajstić information content (AvgIpc) is 2.80. The van der Waals surface area contributed by atoms with Crippen LogP contribution in [0.4, 0.5) is 0 Å². The van der Waals surface area contributed by atoms with E-state index in [1.165, 1.54) is 24.3 Å². The van der Waals surface area contributed by atoms with Crippen LogP contribution in [0.15, 0.2) is 83.8 Å². The van der Waals surface area contributed by atoms with Crippen LogP contribution in [0, 0.1) is 0 Å². The summed E-state index contributed by atoms with van der Waals surface area (Å²) in [6.45, 7) is 0.377. The summed E-state index contributed by atoms with van der Waals surface area (Å²) >= 11 is 0. The van der Waals surface area contributed by atoms with Crippen molar-refractivity contribution in [2.75, 3.05) is 12.3 Å². The molecule has 0 atom stereocenters. The molecule has 0 aliphatic heterocycles. The maximum absolute atomic E-state index is 12.9. The number of rotatable bonds is 10. The molecule has 6 nitrogen and oxygen atoms in total. The first-order chi connectivity index (χ1) is 15.3. The molecule has 0 spiro atoms. The third-order valence-electron chi connectivity index (χ3n) is 5.00. The number of benzene rings is 3. The van der Waals surface area contributed by atoms with Crippen molar-refractivity contribution in [2.45, 2.75) is 24.2 Å². The van der Waals surface area contributed by atoms with E-state index in [1.807, 2.05) is 30.3 Å². The second kappa shape index (κ2) is 10.7. The Morgan fingerprint density at radius 3 is 2.19 bits per heavy atom. The maximum atomic E-state index is 12.9. The van der Waals surface area contributed by atoms with Gasteiger partial charge >= 0.3 is 0 Å².